The third-order valence-electron chi connectivity index (χ3n) is 1.93. The van der Waals surface area contributed by atoms with E-state index >= 15 is 0 Å². The number of carbonyl (C=O) groups is 2. The molecule has 0 aliphatic heterocycles. The molecule has 0 rings (SSSR count). The molecule has 0 aromatic carbocycles. The standard InChI is InChI=1S/C12H20N4O2/c1-9(2)7-16-12(18)11(6-13)8-14-4-5-15-10(3)17/h8-9,14H,4-5,7H2,1-3H3,(H,15,17)(H,16,18)/b11-8-. The van der Waals surface area contributed by atoms with Crippen LogP contribution in [0.3, 0.4) is 0 Å². The van der Waals surface area contributed by atoms with Gasteiger partial charge in [0.2, 0.25) is 5.91 Å². The third kappa shape index (κ3) is 8.16. The van der Waals surface area contributed by atoms with Gasteiger partial charge in [-0.1, -0.05) is 13.8 Å². The molecule has 2 amide bonds. The highest BCUT2D eigenvalue weighted by Gasteiger charge is 2.08. The van der Waals surface area contributed by atoms with Gasteiger partial charge >= 0.3 is 0 Å². The minimum atomic E-state index is -0.391. The van der Waals surface area contributed by atoms with Gasteiger partial charge in [-0.05, 0) is 5.92 Å². The smallest absolute Gasteiger partial charge is 0.263 e. The van der Waals surface area contributed by atoms with Crippen LogP contribution in [0.1, 0.15) is 20.8 Å². The summed E-state index contributed by atoms with van der Waals surface area (Å²) < 4.78 is 0. The van der Waals surface area contributed by atoms with Crippen LogP contribution in [0.5, 0.6) is 0 Å². The zero-order valence-electron chi connectivity index (χ0n) is 11.0. The van der Waals surface area contributed by atoms with Gasteiger partial charge in [-0.3, -0.25) is 9.59 Å². The highest BCUT2D eigenvalue weighted by Crippen LogP contribution is 1.93. The third-order valence-corrected chi connectivity index (χ3v) is 1.93. The van der Waals surface area contributed by atoms with Gasteiger partial charge in [0.05, 0.1) is 0 Å². The first-order valence-electron chi connectivity index (χ1n) is 5.83. The van der Waals surface area contributed by atoms with E-state index in [-0.39, 0.29) is 11.5 Å². The summed E-state index contributed by atoms with van der Waals surface area (Å²) in [7, 11) is 0. The Bertz CT molecular complexity index is 356. The highest BCUT2D eigenvalue weighted by molar-refractivity contribution is 5.97. The number of nitriles is 1. The second-order valence-electron chi connectivity index (χ2n) is 4.21. The second-order valence-corrected chi connectivity index (χ2v) is 4.21. The van der Waals surface area contributed by atoms with E-state index in [4.69, 9.17) is 5.26 Å². The van der Waals surface area contributed by atoms with Gasteiger partial charge in [0.1, 0.15) is 11.6 Å². The molecule has 0 saturated carbocycles. The van der Waals surface area contributed by atoms with Gasteiger partial charge in [0, 0.05) is 32.8 Å². The Morgan fingerprint density at radius 3 is 2.44 bits per heavy atom. The zero-order valence-corrected chi connectivity index (χ0v) is 11.0. The SMILES string of the molecule is CC(=O)NCCN/C=C(/C#N)C(=O)NCC(C)C. The Kier molecular flexibility index (Phi) is 8.03. The summed E-state index contributed by atoms with van der Waals surface area (Å²) in [6.07, 6.45) is 1.36. The quantitative estimate of drug-likeness (QED) is 0.335. The number of amides is 2. The van der Waals surface area contributed by atoms with E-state index < -0.39 is 5.91 Å². The molecule has 18 heavy (non-hydrogen) atoms. The number of nitrogens with one attached hydrogen (secondary N) is 3. The van der Waals surface area contributed by atoms with Crippen LogP contribution in [-0.2, 0) is 9.59 Å². The van der Waals surface area contributed by atoms with Crippen LogP contribution in [0.25, 0.3) is 0 Å². The first kappa shape index (κ1) is 16.0. The monoisotopic (exact) mass is 252 g/mol. The number of hydrogen-bond donors (Lipinski definition) is 3. The average Bonchev–Trinajstić information content (AvgIpc) is 2.30. The highest BCUT2D eigenvalue weighted by atomic mass is 16.2. The molecule has 0 bridgehead atoms. The summed E-state index contributed by atoms with van der Waals surface area (Å²) in [5.41, 5.74) is 0.0264. The Morgan fingerprint density at radius 2 is 1.94 bits per heavy atom. The minimum absolute atomic E-state index is 0.0264. The summed E-state index contributed by atoms with van der Waals surface area (Å²) in [5, 5.41) is 16.9. The van der Waals surface area contributed by atoms with Crippen molar-refractivity contribution < 1.29 is 9.59 Å². The second kappa shape index (κ2) is 9.05. The van der Waals surface area contributed by atoms with Gasteiger partial charge in [-0.15, -0.1) is 0 Å². The van der Waals surface area contributed by atoms with Crippen molar-refractivity contribution in [3.05, 3.63) is 11.8 Å². The molecule has 0 aromatic rings. The maximum absolute atomic E-state index is 11.5. The van der Waals surface area contributed by atoms with Crippen LogP contribution in [0.15, 0.2) is 11.8 Å². The van der Waals surface area contributed by atoms with Crippen LogP contribution in [0.4, 0.5) is 0 Å². The summed E-state index contributed by atoms with van der Waals surface area (Å²) in [5.74, 6) is -0.171. The van der Waals surface area contributed by atoms with Crippen LogP contribution in [-0.4, -0.2) is 31.4 Å². The van der Waals surface area contributed by atoms with Gasteiger partial charge in [-0.2, -0.15) is 5.26 Å². The Labute approximate surface area is 107 Å². The maximum atomic E-state index is 11.5. The van der Waals surface area contributed by atoms with Crippen LogP contribution in [0, 0.1) is 17.2 Å². The van der Waals surface area contributed by atoms with Crippen molar-refractivity contribution in [2.24, 2.45) is 5.92 Å². The lowest BCUT2D eigenvalue weighted by Gasteiger charge is -2.07. The van der Waals surface area contributed by atoms with E-state index in [2.05, 4.69) is 16.0 Å². The zero-order chi connectivity index (χ0) is 14.0. The Hall–Kier alpha value is -2.03. The van der Waals surface area contributed by atoms with E-state index in [0.29, 0.717) is 25.6 Å². The van der Waals surface area contributed by atoms with Gasteiger partial charge in [-0.25, -0.2) is 0 Å². The summed E-state index contributed by atoms with van der Waals surface area (Å²) in [4.78, 5) is 22.1. The molecule has 100 valence electrons. The van der Waals surface area contributed by atoms with Crippen LogP contribution >= 0.6 is 0 Å². The number of hydrogen-bond acceptors (Lipinski definition) is 4. The lowest BCUT2D eigenvalue weighted by atomic mass is 10.2. The molecule has 6 heteroatoms. The van der Waals surface area contributed by atoms with E-state index in [9.17, 15) is 9.59 Å². The molecule has 0 saturated heterocycles. The first-order chi connectivity index (χ1) is 8.47. The first-order valence-corrected chi connectivity index (χ1v) is 5.83. The molecule has 0 fully saturated rings. The molecule has 0 aliphatic rings. The molecule has 0 heterocycles. The Balaban J connectivity index is 4.04. The molecule has 0 radical (unpaired) electrons. The van der Waals surface area contributed by atoms with E-state index in [0.717, 1.165) is 0 Å². The van der Waals surface area contributed by atoms with Gasteiger partial charge in [0.25, 0.3) is 5.91 Å². The maximum Gasteiger partial charge on any atom is 0.263 e. The van der Waals surface area contributed by atoms with E-state index in [1.165, 1.54) is 13.1 Å². The Morgan fingerprint density at radius 1 is 1.28 bits per heavy atom. The minimum Gasteiger partial charge on any atom is -0.388 e. The number of carbonyl (C=O) groups excluding carboxylic acids is 2. The lowest BCUT2D eigenvalue weighted by Crippen LogP contribution is -2.31. The molecule has 6 nitrogen and oxygen atoms in total. The van der Waals surface area contributed by atoms with Crippen molar-refractivity contribution >= 4 is 11.8 Å². The van der Waals surface area contributed by atoms with Crippen molar-refractivity contribution in [1.82, 2.24) is 16.0 Å². The fourth-order valence-electron chi connectivity index (χ4n) is 1.03. The largest absolute Gasteiger partial charge is 0.388 e. The molecule has 0 aromatic heterocycles. The average molecular weight is 252 g/mol. The van der Waals surface area contributed by atoms with Crippen molar-refractivity contribution in [2.45, 2.75) is 20.8 Å². The van der Waals surface area contributed by atoms with Crippen molar-refractivity contribution in [3.63, 3.8) is 0 Å². The van der Waals surface area contributed by atoms with Crippen LogP contribution in [0.2, 0.25) is 0 Å². The summed E-state index contributed by atoms with van der Waals surface area (Å²) in [6, 6.07) is 1.82. The van der Waals surface area contributed by atoms with Crippen molar-refractivity contribution in [3.8, 4) is 6.07 Å². The fourth-order valence-corrected chi connectivity index (χ4v) is 1.03. The number of nitrogens with zero attached hydrogens (tertiary/aromatic N) is 1. The summed E-state index contributed by atoms with van der Waals surface area (Å²) >= 11 is 0. The molecular formula is C12H20N4O2. The van der Waals surface area contributed by atoms with E-state index in [1.54, 1.807) is 0 Å². The van der Waals surface area contributed by atoms with Crippen molar-refractivity contribution in [2.75, 3.05) is 19.6 Å². The molecule has 0 atom stereocenters. The summed E-state index contributed by atoms with van der Waals surface area (Å²) in [6.45, 7) is 6.81. The molecule has 0 spiro atoms. The molecule has 3 N–H and O–H groups in total. The van der Waals surface area contributed by atoms with Crippen molar-refractivity contribution in [1.29, 1.82) is 5.26 Å². The van der Waals surface area contributed by atoms with Gasteiger partial charge < -0.3 is 16.0 Å². The number of rotatable bonds is 7. The molecule has 0 unspecified atom stereocenters. The normalized spacial score (nSPS) is 10.7. The predicted octanol–water partition coefficient (Wildman–Crippen LogP) is -0.108. The van der Waals surface area contributed by atoms with E-state index in [1.807, 2.05) is 19.9 Å². The molecule has 0 aliphatic carbocycles. The topological polar surface area (TPSA) is 94.0 Å². The molecular weight excluding hydrogens is 232 g/mol. The predicted molar refractivity (Wildman–Crippen MR) is 68.2 cm³/mol. The van der Waals surface area contributed by atoms with Crippen LogP contribution < -0.4 is 16.0 Å². The fraction of sp³-hybridized carbons (Fsp3) is 0.583. The van der Waals surface area contributed by atoms with Gasteiger partial charge in [0.15, 0.2) is 0 Å². The lowest BCUT2D eigenvalue weighted by molar-refractivity contribution is -0.119.